The Hall–Kier alpha value is -1.81. The molecule has 1 fully saturated rings. The molecule has 4 nitrogen and oxygen atoms in total. The Labute approximate surface area is 119 Å². The number of aromatic amines is 1. The number of nitrogens with one attached hydrogen (secondary N) is 2. The van der Waals surface area contributed by atoms with Gasteiger partial charge in [0.2, 0.25) is 0 Å². The highest BCUT2D eigenvalue weighted by atomic mass is 16.1. The molecule has 0 saturated carbocycles. The van der Waals surface area contributed by atoms with Gasteiger partial charge in [0.1, 0.15) is 0 Å². The zero-order chi connectivity index (χ0) is 13.9. The van der Waals surface area contributed by atoms with Crippen LogP contribution in [0.3, 0.4) is 0 Å². The number of likely N-dealkylation sites (N-methyl/N-ethyl adjacent to an activating group) is 1. The monoisotopic (exact) mass is 271 g/mol. The molecule has 1 aliphatic heterocycles. The van der Waals surface area contributed by atoms with Gasteiger partial charge in [-0.2, -0.15) is 0 Å². The number of nitrogens with zero attached hydrogens (tertiary/aromatic N) is 1. The Bertz CT molecular complexity index is 605. The molecule has 1 unspecified atom stereocenters. The van der Waals surface area contributed by atoms with E-state index in [9.17, 15) is 4.79 Å². The molecule has 1 aromatic carbocycles. The van der Waals surface area contributed by atoms with Crippen molar-refractivity contribution in [3.63, 3.8) is 0 Å². The first-order valence-corrected chi connectivity index (χ1v) is 7.38. The number of fused-ring (bicyclic) bond motifs is 1. The van der Waals surface area contributed by atoms with E-state index in [0.29, 0.717) is 6.04 Å². The van der Waals surface area contributed by atoms with Gasteiger partial charge >= 0.3 is 0 Å². The number of H-pyrrole nitrogens is 1. The van der Waals surface area contributed by atoms with Crippen LogP contribution in [0, 0.1) is 0 Å². The Morgan fingerprint density at radius 1 is 1.45 bits per heavy atom. The summed E-state index contributed by atoms with van der Waals surface area (Å²) in [7, 11) is 0. The molecule has 1 saturated heterocycles. The summed E-state index contributed by atoms with van der Waals surface area (Å²) in [4.78, 5) is 17.9. The van der Waals surface area contributed by atoms with Crippen LogP contribution in [0.4, 0.5) is 0 Å². The van der Waals surface area contributed by atoms with Gasteiger partial charge in [0.05, 0.1) is 0 Å². The standard InChI is InChI=1S/C16H21N3O/c1-2-19-10-4-5-12(19)11-18-16(20)14-6-3-7-15-13(14)8-9-17-15/h3,6-9,12,17H,2,4-5,10-11H2,1H3,(H,18,20). The van der Waals surface area contributed by atoms with Gasteiger partial charge in [-0.15, -0.1) is 0 Å². The van der Waals surface area contributed by atoms with E-state index in [4.69, 9.17) is 0 Å². The lowest BCUT2D eigenvalue weighted by Gasteiger charge is -2.22. The van der Waals surface area contributed by atoms with E-state index in [2.05, 4.69) is 22.1 Å². The molecule has 4 heteroatoms. The van der Waals surface area contributed by atoms with Crippen LogP contribution in [0.5, 0.6) is 0 Å². The topological polar surface area (TPSA) is 48.1 Å². The van der Waals surface area contributed by atoms with Crippen LogP contribution in [0.25, 0.3) is 10.9 Å². The van der Waals surface area contributed by atoms with Gasteiger partial charge in [-0.05, 0) is 44.1 Å². The summed E-state index contributed by atoms with van der Waals surface area (Å²) in [5.41, 5.74) is 1.76. The largest absolute Gasteiger partial charge is 0.361 e. The van der Waals surface area contributed by atoms with Crippen molar-refractivity contribution in [2.45, 2.75) is 25.8 Å². The molecule has 0 radical (unpaired) electrons. The molecule has 2 heterocycles. The third kappa shape index (κ3) is 2.43. The van der Waals surface area contributed by atoms with Gasteiger partial charge in [-0.25, -0.2) is 0 Å². The normalized spacial score (nSPS) is 19.6. The minimum Gasteiger partial charge on any atom is -0.361 e. The third-order valence-electron chi connectivity index (χ3n) is 4.24. The van der Waals surface area contributed by atoms with Crippen LogP contribution < -0.4 is 5.32 Å². The zero-order valence-corrected chi connectivity index (χ0v) is 11.9. The summed E-state index contributed by atoms with van der Waals surface area (Å²) in [6.07, 6.45) is 4.29. The molecular formula is C16H21N3O. The zero-order valence-electron chi connectivity index (χ0n) is 11.9. The molecule has 106 valence electrons. The fraction of sp³-hybridized carbons (Fsp3) is 0.438. The van der Waals surface area contributed by atoms with E-state index in [1.54, 1.807) is 0 Å². The van der Waals surface area contributed by atoms with Crippen LogP contribution in [0.2, 0.25) is 0 Å². The Balaban J connectivity index is 1.69. The van der Waals surface area contributed by atoms with Gasteiger partial charge in [0.15, 0.2) is 0 Å². The van der Waals surface area contributed by atoms with Crippen molar-refractivity contribution in [3.8, 4) is 0 Å². The van der Waals surface area contributed by atoms with Crippen LogP contribution in [0.1, 0.15) is 30.1 Å². The molecule has 1 aromatic heterocycles. The molecule has 0 aliphatic carbocycles. The average molecular weight is 271 g/mol. The van der Waals surface area contributed by atoms with E-state index >= 15 is 0 Å². The minimum absolute atomic E-state index is 0.0261. The van der Waals surface area contributed by atoms with E-state index in [-0.39, 0.29) is 5.91 Å². The van der Waals surface area contributed by atoms with Crippen LogP contribution >= 0.6 is 0 Å². The molecule has 1 aliphatic rings. The number of likely N-dealkylation sites (tertiary alicyclic amines) is 1. The summed E-state index contributed by atoms with van der Waals surface area (Å²) >= 11 is 0. The van der Waals surface area contributed by atoms with Gasteiger partial charge in [0, 0.05) is 35.2 Å². The highest BCUT2D eigenvalue weighted by molar-refractivity contribution is 6.06. The number of carbonyl (C=O) groups excluding carboxylic acids is 1. The van der Waals surface area contributed by atoms with Crippen molar-refractivity contribution < 1.29 is 4.79 Å². The minimum atomic E-state index is 0.0261. The number of rotatable bonds is 4. The first-order chi connectivity index (χ1) is 9.79. The molecule has 0 spiro atoms. The number of amides is 1. The van der Waals surface area contributed by atoms with Crippen molar-refractivity contribution in [2.75, 3.05) is 19.6 Å². The summed E-state index contributed by atoms with van der Waals surface area (Å²) in [6, 6.07) is 8.24. The molecular weight excluding hydrogens is 250 g/mol. The quantitative estimate of drug-likeness (QED) is 0.897. The van der Waals surface area contributed by atoms with Crippen LogP contribution in [-0.4, -0.2) is 41.5 Å². The van der Waals surface area contributed by atoms with Crippen molar-refractivity contribution in [2.24, 2.45) is 0 Å². The molecule has 2 N–H and O–H groups in total. The van der Waals surface area contributed by atoms with E-state index in [0.717, 1.165) is 36.1 Å². The summed E-state index contributed by atoms with van der Waals surface area (Å²) < 4.78 is 0. The summed E-state index contributed by atoms with van der Waals surface area (Å²) in [6.45, 7) is 5.15. The summed E-state index contributed by atoms with van der Waals surface area (Å²) in [5.74, 6) is 0.0261. The Kier molecular flexibility index (Phi) is 3.74. The Morgan fingerprint density at radius 3 is 3.20 bits per heavy atom. The lowest BCUT2D eigenvalue weighted by atomic mass is 10.1. The average Bonchev–Trinajstić information content (AvgIpc) is 3.12. The lowest BCUT2D eigenvalue weighted by molar-refractivity contribution is 0.0943. The third-order valence-corrected chi connectivity index (χ3v) is 4.24. The highest BCUT2D eigenvalue weighted by Crippen LogP contribution is 2.18. The Morgan fingerprint density at radius 2 is 2.35 bits per heavy atom. The SMILES string of the molecule is CCN1CCCC1CNC(=O)c1cccc2[nH]ccc12. The van der Waals surface area contributed by atoms with Gasteiger partial charge in [0.25, 0.3) is 5.91 Å². The van der Waals surface area contributed by atoms with Gasteiger partial charge < -0.3 is 10.3 Å². The summed E-state index contributed by atoms with van der Waals surface area (Å²) in [5, 5.41) is 4.08. The van der Waals surface area contributed by atoms with Gasteiger partial charge in [-0.3, -0.25) is 9.69 Å². The lowest BCUT2D eigenvalue weighted by Crippen LogP contribution is -2.40. The van der Waals surface area contributed by atoms with Crippen molar-refractivity contribution in [1.82, 2.24) is 15.2 Å². The molecule has 1 atom stereocenters. The highest BCUT2D eigenvalue weighted by Gasteiger charge is 2.23. The maximum Gasteiger partial charge on any atom is 0.252 e. The first kappa shape index (κ1) is 13.2. The predicted molar refractivity (Wildman–Crippen MR) is 80.9 cm³/mol. The molecule has 2 aromatic rings. The maximum absolute atomic E-state index is 12.4. The first-order valence-electron chi connectivity index (χ1n) is 7.38. The number of aromatic nitrogens is 1. The maximum atomic E-state index is 12.4. The second-order valence-corrected chi connectivity index (χ2v) is 5.38. The predicted octanol–water partition coefficient (Wildman–Crippen LogP) is 2.38. The van der Waals surface area contributed by atoms with Crippen molar-refractivity contribution >= 4 is 16.8 Å². The molecule has 1 amide bonds. The van der Waals surface area contributed by atoms with Gasteiger partial charge in [-0.1, -0.05) is 13.0 Å². The smallest absolute Gasteiger partial charge is 0.252 e. The fourth-order valence-electron chi connectivity index (χ4n) is 3.13. The molecule has 3 rings (SSSR count). The van der Waals surface area contributed by atoms with Crippen LogP contribution in [-0.2, 0) is 0 Å². The van der Waals surface area contributed by atoms with Crippen molar-refractivity contribution in [1.29, 1.82) is 0 Å². The molecule has 0 bridgehead atoms. The number of hydrogen-bond acceptors (Lipinski definition) is 2. The van der Waals surface area contributed by atoms with Crippen LogP contribution in [0.15, 0.2) is 30.5 Å². The van der Waals surface area contributed by atoms with E-state index < -0.39 is 0 Å². The second kappa shape index (κ2) is 5.67. The fourth-order valence-corrected chi connectivity index (χ4v) is 3.13. The second-order valence-electron chi connectivity index (χ2n) is 5.38. The number of benzene rings is 1. The number of hydrogen-bond donors (Lipinski definition) is 2. The van der Waals surface area contributed by atoms with Crippen molar-refractivity contribution in [3.05, 3.63) is 36.0 Å². The molecule has 20 heavy (non-hydrogen) atoms. The number of carbonyl (C=O) groups is 1. The van der Waals surface area contributed by atoms with E-state index in [1.807, 2.05) is 30.5 Å². The van der Waals surface area contributed by atoms with E-state index in [1.165, 1.54) is 12.8 Å².